The predicted molar refractivity (Wildman–Crippen MR) is 89.6 cm³/mol. The highest BCUT2D eigenvalue weighted by Crippen LogP contribution is 2.25. The van der Waals surface area contributed by atoms with Gasteiger partial charge in [0.2, 0.25) is 5.91 Å². The number of carboxylic acids is 1. The number of carbonyl (C=O) groups is 2. The molecule has 1 aliphatic rings. The number of amides is 1. The van der Waals surface area contributed by atoms with Crippen LogP contribution in [-0.4, -0.2) is 52.0 Å². The minimum Gasteiger partial charge on any atom is -0.480 e. The van der Waals surface area contributed by atoms with Gasteiger partial charge in [0.1, 0.15) is 0 Å². The predicted octanol–water partition coefficient (Wildman–Crippen LogP) is 1.83. The van der Waals surface area contributed by atoms with E-state index in [2.05, 4.69) is 10.3 Å². The van der Waals surface area contributed by atoms with Gasteiger partial charge in [-0.2, -0.15) is 0 Å². The standard InChI is InChI=1S/C16H25N3O3S/c1-3-19(9-16(21)22)13-7-12(8-13)18-14(20)5-4-6-15-17-11(2)10-23-15/h10,12-13H,3-9H2,1-2H3,(H,18,20)(H,21,22). The molecule has 1 saturated carbocycles. The van der Waals surface area contributed by atoms with Crippen LogP contribution in [0.4, 0.5) is 0 Å². The quantitative estimate of drug-likeness (QED) is 0.717. The number of likely N-dealkylation sites (N-methyl/N-ethyl adjacent to an activating group) is 1. The minimum atomic E-state index is -0.795. The van der Waals surface area contributed by atoms with E-state index < -0.39 is 5.97 Å². The molecule has 2 N–H and O–H groups in total. The van der Waals surface area contributed by atoms with Gasteiger partial charge >= 0.3 is 5.97 Å². The van der Waals surface area contributed by atoms with Crippen molar-refractivity contribution >= 4 is 23.2 Å². The lowest BCUT2D eigenvalue weighted by molar-refractivity contribution is -0.139. The number of rotatable bonds is 9. The molecule has 0 aromatic carbocycles. The van der Waals surface area contributed by atoms with Gasteiger partial charge in [0.25, 0.3) is 0 Å². The topological polar surface area (TPSA) is 82.5 Å². The number of thiazole rings is 1. The molecule has 0 radical (unpaired) electrons. The fourth-order valence-corrected chi connectivity index (χ4v) is 3.71. The first-order chi connectivity index (χ1) is 11.0. The third-order valence-electron chi connectivity index (χ3n) is 4.20. The Morgan fingerprint density at radius 2 is 2.22 bits per heavy atom. The van der Waals surface area contributed by atoms with Gasteiger partial charge in [-0.05, 0) is 39.2 Å². The van der Waals surface area contributed by atoms with Gasteiger partial charge in [0, 0.05) is 29.6 Å². The van der Waals surface area contributed by atoms with Crippen LogP contribution in [0.5, 0.6) is 0 Å². The molecule has 1 aromatic rings. The number of aromatic nitrogens is 1. The van der Waals surface area contributed by atoms with Crippen LogP contribution in [0, 0.1) is 6.92 Å². The van der Waals surface area contributed by atoms with E-state index in [1.54, 1.807) is 11.3 Å². The molecule has 0 unspecified atom stereocenters. The Labute approximate surface area is 140 Å². The van der Waals surface area contributed by atoms with Crippen LogP contribution in [0.3, 0.4) is 0 Å². The molecule has 0 spiro atoms. The second-order valence-electron chi connectivity index (χ2n) is 6.08. The Kier molecular flexibility index (Phi) is 6.53. The average molecular weight is 339 g/mol. The maximum Gasteiger partial charge on any atom is 0.317 e. The fraction of sp³-hybridized carbons (Fsp3) is 0.688. The molecule has 128 valence electrons. The molecule has 0 aliphatic heterocycles. The van der Waals surface area contributed by atoms with Crippen LogP contribution in [0.15, 0.2) is 5.38 Å². The highest BCUT2D eigenvalue weighted by atomic mass is 32.1. The number of carboxylic acid groups (broad SMARTS) is 1. The van der Waals surface area contributed by atoms with Crippen LogP contribution in [0.25, 0.3) is 0 Å². The molecule has 1 heterocycles. The van der Waals surface area contributed by atoms with Gasteiger partial charge in [-0.3, -0.25) is 14.5 Å². The third kappa shape index (κ3) is 5.58. The van der Waals surface area contributed by atoms with E-state index in [4.69, 9.17) is 5.11 Å². The maximum atomic E-state index is 11.9. The normalized spacial score (nSPS) is 20.3. The Morgan fingerprint density at radius 1 is 1.48 bits per heavy atom. The van der Waals surface area contributed by atoms with Crippen molar-refractivity contribution in [3.05, 3.63) is 16.1 Å². The molecule has 7 heteroatoms. The number of nitrogens with zero attached hydrogens (tertiary/aromatic N) is 2. The molecule has 0 bridgehead atoms. The van der Waals surface area contributed by atoms with Crippen molar-refractivity contribution in [1.29, 1.82) is 0 Å². The Morgan fingerprint density at radius 3 is 2.78 bits per heavy atom. The number of aryl methyl sites for hydroxylation is 2. The summed E-state index contributed by atoms with van der Waals surface area (Å²) < 4.78 is 0. The highest BCUT2D eigenvalue weighted by molar-refractivity contribution is 7.09. The molecule has 0 atom stereocenters. The first-order valence-corrected chi connectivity index (χ1v) is 9.02. The summed E-state index contributed by atoms with van der Waals surface area (Å²) in [5.74, 6) is -0.709. The first-order valence-electron chi connectivity index (χ1n) is 8.14. The molecule has 0 saturated heterocycles. The number of hydrogen-bond donors (Lipinski definition) is 2. The van der Waals surface area contributed by atoms with Crippen LogP contribution in [-0.2, 0) is 16.0 Å². The van der Waals surface area contributed by atoms with Crippen molar-refractivity contribution in [1.82, 2.24) is 15.2 Å². The van der Waals surface area contributed by atoms with Gasteiger partial charge in [0.05, 0.1) is 11.6 Å². The molecule has 6 nitrogen and oxygen atoms in total. The zero-order valence-corrected chi connectivity index (χ0v) is 14.6. The van der Waals surface area contributed by atoms with Crippen LogP contribution in [0.1, 0.15) is 43.3 Å². The van der Waals surface area contributed by atoms with Crippen LogP contribution >= 0.6 is 11.3 Å². The van der Waals surface area contributed by atoms with Gasteiger partial charge in [-0.1, -0.05) is 6.92 Å². The van der Waals surface area contributed by atoms with E-state index in [1.165, 1.54) is 0 Å². The zero-order chi connectivity index (χ0) is 16.8. The largest absolute Gasteiger partial charge is 0.480 e. The van der Waals surface area contributed by atoms with Gasteiger partial charge in [-0.15, -0.1) is 11.3 Å². The van der Waals surface area contributed by atoms with E-state index in [9.17, 15) is 9.59 Å². The summed E-state index contributed by atoms with van der Waals surface area (Å²) in [6, 6.07) is 0.470. The Bertz CT molecular complexity index is 540. The van der Waals surface area contributed by atoms with Gasteiger partial charge < -0.3 is 10.4 Å². The lowest BCUT2D eigenvalue weighted by Crippen LogP contribution is -2.54. The van der Waals surface area contributed by atoms with Gasteiger partial charge in [-0.25, -0.2) is 4.98 Å². The number of nitrogens with one attached hydrogen (secondary N) is 1. The van der Waals surface area contributed by atoms with Crippen molar-refractivity contribution in [2.24, 2.45) is 0 Å². The summed E-state index contributed by atoms with van der Waals surface area (Å²) >= 11 is 1.65. The molecule has 1 aromatic heterocycles. The zero-order valence-electron chi connectivity index (χ0n) is 13.7. The second-order valence-corrected chi connectivity index (χ2v) is 7.03. The van der Waals surface area contributed by atoms with Crippen LogP contribution in [0.2, 0.25) is 0 Å². The molecule has 2 rings (SSSR count). The monoisotopic (exact) mass is 339 g/mol. The smallest absolute Gasteiger partial charge is 0.317 e. The van der Waals surface area contributed by atoms with Crippen molar-refractivity contribution in [2.45, 2.75) is 58.0 Å². The van der Waals surface area contributed by atoms with E-state index in [-0.39, 0.29) is 24.5 Å². The van der Waals surface area contributed by atoms with Crippen LogP contribution < -0.4 is 5.32 Å². The molecule has 1 amide bonds. The summed E-state index contributed by atoms with van der Waals surface area (Å²) in [5.41, 5.74) is 1.04. The third-order valence-corrected chi connectivity index (χ3v) is 5.23. The molecule has 23 heavy (non-hydrogen) atoms. The van der Waals surface area contributed by atoms with Crippen molar-refractivity contribution in [3.63, 3.8) is 0 Å². The number of hydrogen-bond acceptors (Lipinski definition) is 5. The summed E-state index contributed by atoms with van der Waals surface area (Å²) in [4.78, 5) is 29.1. The molecular weight excluding hydrogens is 314 g/mol. The van der Waals surface area contributed by atoms with Crippen molar-refractivity contribution < 1.29 is 14.7 Å². The van der Waals surface area contributed by atoms with Crippen molar-refractivity contribution in [2.75, 3.05) is 13.1 Å². The summed E-state index contributed by atoms with van der Waals surface area (Å²) in [5, 5.41) is 15.0. The van der Waals surface area contributed by atoms with Gasteiger partial charge in [0.15, 0.2) is 0 Å². The summed E-state index contributed by atoms with van der Waals surface area (Å²) in [6.07, 6.45) is 3.87. The molecule has 1 aliphatic carbocycles. The lowest BCUT2D eigenvalue weighted by atomic mass is 9.85. The second kappa shape index (κ2) is 8.40. The Balaban J connectivity index is 1.61. The molecule has 1 fully saturated rings. The number of aliphatic carboxylic acids is 1. The highest BCUT2D eigenvalue weighted by Gasteiger charge is 2.34. The van der Waals surface area contributed by atoms with E-state index in [1.807, 2.05) is 24.1 Å². The summed E-state index contributed by atoms with van der Waals surface area (Å²) in [7, 11) is 0. The lowest BCUT2D eigenvalue weighted by Gasteiger charge is -2.42. The Hall–Kier alpha value is -1.47. The van der Waals surface area contributed by atoms with Crippen molar-refractivity contribution in [3.8, 4) is 0 Å². The minimum absolute atomic E-state index is 0.0784. The summed E-state index contributed by atoms with van der Waals surface area (Å²) in [6.45, 7) is 4.75. The average Bonchev–Trinajstić information content (AvgIpc) is 2.85. The SMILES string of the molecule is CCN(CC(=O)O)C1CC(NC(=O)CCCc2nc(C)cs2)C1. The van der Waals surface area contributed by atoms with E-state index >= 15 is 0 Å². The first kappa shape index (κ1) is 17.9. The maximum absolute atomic E-state index is 11.9. The number of carbonyl (C=O) groups excluding carboxylic acids is 1. The van der Waals surface area contributed by atoms with E-state index in [0.717, 1.165) is 42.9 Å². The fourth-order valence-electron chi connectivity index (χ4n) is 2.89. The molecular formula is C16H25N3O3S. The van der Waals surface area contributed by atoms with E-state index in [0.29, 0.717) is 6.42 Å².